The Balaban J connectivity index is 1.39. The predicted octanol–water partition coefficient (Wildman–Crippen LogP) is 2.12. The molecule has 1 fully saturated rings. The number of nitrogens with one attached hydrogen (secondary N) is 2. The van der Waals surface area contributed by atoms with Crippen molar-refractivity contribution >= 4 is 34.2 Å². The molecule has 0 saturated carbocycles. The fourth-order valence-electron chi connectivity index (χ4n) is 3.97. The molecule has 2 unspecified atom stereocenters. The summed E-state index contributed by atoms with van der Waals surface area (Å²) in [6.07, 6.45) is 0.490. The van der Waals surface area contributed by atoms with Gasteiger partial charge >= 0.3 is 0 Å². The van der Waals surface area contributed by atoms with Crippen molar-refractivity contribution in [2.45, 2.75) is 18.5 Å². The lowest BCUT2D eigenvalue weighted by molar-refractivity contribution is -0.117. The van der Waals surface area contributed by atoms with Crippen molar-refractivity contribution in [2.75, 3.05) is 16.8 Å². The van der Waals surface area contributed by atoms with E-state index in [2.05, 4.69) is 10.6 Å². The smallest absolute Gasteiger partial charge is 0.287 e. The monoisotopic (exact) mass is 375 g/mol. The lowest BCUT2D eigenvalue weighted by atomic mass is 10.1. The molecule has 28 heavy (non-hydrogen) atoms. The van der Waals surface area contributed by atoms with E-state index in [1.165, 1.54) is 6.07 Å². The van der Waals surface area contributed by atoms with Crippen LogP contribution in [0.5, 0.6) is 0 Å². The normalized spacial score (nSPS) is 20.4. The first kappa shape index (κ1) is 16.6. The first-order valence-electron chi connectivity index (χ1n) is 9.10. The van der Waals surface area contributed by atoms with Gasteiger partial charge in [-0.2, -0.15) is 0 Å². The van der Waals surface area contributed by atoms with Crippen molar-refractivity contribution in [1.82, 2.24) is 5.32 Å². The molecule has 0 spiro atoms. The molecule has 3 aromatic rings. The lowest BCUT2D eigenvalue weighted by Crippen LogP contribution is -2.44. The van der Waals surface area contributed by atoms with E-state index in [4.69, 9.17) is 4.42 Å². The van der Waals surface area contributed by atoms with Crippen molar-refractivity contribution < 1.29 is 14.0 Å². The van der Waals surface area contributed by atoms with Crippen LogP contribution in [0.25, 0.3) is 11.0 Å². The van der Waals surface area contributed by atoms with Crippen LogP contribution in [0, 0.1) is 0 Å². The summed E-state index contributed by atoms with van der Waals surface area (Å²) in [6, 6.07) is 15.1. The Hall–Kier alpha value is -3.61. The minimum absolute atomic E-state index is 0.0292. The molecule has 0 bridgehead atoms. The Morgan fingerprint density at radius 1 is 1.11 bits per heavy atom. The number of anilines is 2. The first-order chi connectivity index (χ1) is 13.6. The molecule has 2 atom stereocenters. The Bertz CT molecular complexity index is 1170. The molecule has 140 valence electrons. The maximum absolute atomic E-state index is 12.7. The van der Waals surface area contributed by atoms with Gasteiger partial charge in [-0.1, -0.05) is 24.3 Å². The molecule has 2 aliphatic rings. The summed E-state index contributed by atoms with van der Waals surface area (Å²) in [7, 11) is 0. The van der Waals surface area contributed by atoms with Gasteiger partial charge in [0, 0.05) is 18.7 Å². The molecule has 5 rings (SSSR count). The summed E-state index contributed by atoms with van der Waals surface area (Å²) < 4.78 is 5.61. The van der Waals surface area contributed by atoms with E-state index in [1.54, 1.807) is 24.3 Å². The summed E-state index contributed by atoms with van der Waals surface area (Å²) in [5, 5.41) is 6.25. The molecular weight excluding hydrogens is 358 g/mol. The minimum Gasteiger partial charge on any atom is -0.451 e. The molecule has 1 saturated heterocycles. The molecule has 0 aliphatic carbocycles. The molecule has 2 amide bonds. The number of rotatable bonds is 2. The van der Waals surface area contributed by atoms with E-state index in [0.29, 0.717) is 23.9 Å². The number of nitrogens with zero attached hydrogens (tertiary/aromatic N) is 1. The zero-order valence-corrected chi connectivity index (χ0v) is 14.8. The maximum Gasteiger partial charge on any atom is 0.287 e. The largest absolute Gasteiger partial charge is 0.451 e. The van der Waals surface area contributed by atoms with Crippen LogP contribution in [0.4, 0.5) is 11.4 Å². The first-order valence-corrected chi connectivity index (χ1v) is 9.10. The number of fused-ring (bicyclic) bond motifs is 4. The van der Waals surface area contributed by atoms with Crippen LogP contribution < -0.4 is 21.0 Å². The van der Waals surface area contributed by atoms with Crippen LogP contribution in [0.3, 0.4) is 0 Å². The number of carbonyl (C=O) groups is 2. The number of hydrogen-bond donors (Lipinski definition) is 2. The highest BCUT2D eigenvalue weighted by molar-refractivity contribution is 6.04. The highest BCUT2D eigenvalue weighted by Gasteiger charge is 2.41. The third-order valence-corrected chi connectivity index (χ3v) is 5.27. The van der Waals surface area contributed by atoms with Crippen LogP contribution >= 0.6 is 0 Å². The van der Waals surface area contributed by atoms with E-state index in [1.807, 2.05) is 29.2 Å². The third kappa shape index (κ3) is 2.63. The average molecular weight is 375 g/mol. The van der Waals surface area contributed by atoms with E-state index < -0.39 is 5.91 Å². The lowest BCUT2D eigenvalue weighted by Gasteiger charge is -2.32. The van der Waals surface area contributed by atoms with E-state index in [9.17, 15) is 14.4 Å². The molecular formula is C21H17N3O4. The SMILES string of the molecule is O=C(NC1CC2C(=O)Nc3ccccc3N2C1)c1cc(=O)c2ccccc2o1. The zero-order valence-electron chi connectivity index (χ0n) is 14.8. The van der Waals surface area contributed by atoms with Gasteiger partial charge < -0.3 is 20.0 Å². The highest BCUT2D eigenvalue weighted by Crippen LogP contribution is 2.36. The second-order valence-corrected chi connectivity index (χ2v) is 7.05. The zero-order chi connectivity index (χ0) is 19.3. The molecule has 2 N–H and O–H groups in total. The molecule has 1 aromatic heterocycles. The number of hydrogen-bond acceptors (Lipinski definition) is 5. The van der Waals surface area contributed by atoms with Gasteiger partial charge in [0.15, 0.2) is 11.2 Å². The molecule has 7 heteroatoms. The van der Waals surface area contributed by atoms with E-state index in [0.717, 1.165) is 11.4 Å². The van der Waals surface area contributed by atoms with E-state index >= 15 is 0 Å². The topological polar surface area (TPSA) is 91.7 Å². The maximum atomic E-state index is 12.7. The molecule has 2 aliphatic heterocycles. The summed E-state index contributed by atoms with van der Waals surface area (Å²) in [5.41, 5.74) is 1.83. The number of benzene rings is 2. The van der Waals surface area contributed by atoms with Gasteiger partial charge in [-0.25, -0.2) is 0 Å². The van der Waals surface area contributed by atoms with Gasteiger partial charge in [-0.3, -0.25) is 14.4 Å². The minimum atomic E-state index is -0.457. The van der Waals surface area contributed by atoms with Crippen LogP contribution in [0.1, 0.15) is 17.0 Å². The van der Waals surface area contributed by atoms with Crippen molar-refractivity contribution in [1.29, 1.82) is 0 Å². The Morgan fingerprint density at radius 3 is 2.79 bits per heavy atom. The van der Waals surface area contributed by atoms with Gasteiger partial charge in [0.1, 0.15) is 11.6 Å². The summed E-state index contributed by atoms with van der Waals surface area (Å²) in [5.74, 6) is -0.562. The van der Waals surface area contributed by atoms with Gasteiger partial charge in [-0.15, -0.1) is 0 Å². The number of para-hydroxylation sites is 3. The fourth-order valence-corrected chi connectivity index (χ4v) is 3.97. The second-order valence-electron chi connectivity index (χ2n) is 7.05. The van der Waals surface area contributed by atoms with Crippen LogP contribution in [-0.4, -0.2) is 30.4 Å². The summed E-state index contributed by atoms with van der Waals surface area (Å²) in [4.78, 5) is 39.3. The molecule has 7 nitrogen and oxygen atoms in total. The predicted molar refractivity (Wildman–Crippen MR) is 105 cm³/mol. The Kier molecular flexibility index (Phi) is 3.68. The van der Waals surface area contributed by atoms with Gasteiger partial charge in [-0.05, 0) is 30.7 Å². The molecule has 0 radical (unpaired) electrons. The Morgan fingerprint density at radius 2 is 1.89 bits per heavy atom. The quantitative estimate of drug-likeness (QED) is 0.716. The van der Waals surface area contributed by atoms with Crippen LogP contribution in [0.15, 0.2) is 63.8 Å². The number of carbonyl (C=O) groups excluding carboxylic acids is 2. The van der Waals surface area contributed by atoms with E-state index in [-0.39, 0.29) is 29.2 Å². The fraction of sp³-hybridized carbons (Fsp3) is 0.190. The van der Waals surface area contributed by atoms with Crippen molar-refractivity contribution in [3.8, 4) is 0 Å². The third-order valence-electron chi connectivity index (χ3n) is 5.27. The van der Waals surface area contributed by atoms with Crippen molar-refractivity contribution in [3.05, 3.63) is 70.6 Å². The summed E-state index contributed by atoms with van der Waals surface area (Å²) >= 11 is 0. The summed E-state index contributed by atoms with van der Waals surface area (Å²) in [6.45, 7) is 0.513. The van der Waals surface area contributed by atoms with Gasteiger partial charge in [0.2, 0.25) is 5.91 Å². The van der Waals surface area contributed by atoms with Gasteiger partial charge in [0.25, 0.3) is 5.91 Å². The number of amides is 2. The second kappa shape index (κ2) is 6.23. The molecule has 2 aromatic carbocycles. The Labute approximate surface area is 159 Å². The standard InChI is InChI=1S/C21H17N3O4/c25-17-10-19(28-18-8-4-1-5-13(17)18)21(27)22-12-9-16-20(26)23-14-6-2-3-7-15(14)24(16)11-12/h1-8,10,12,16H,9,11H2,(H,22,27)(H,23,26). The van der Waals surface area contributed by atoms with Crippen LogP contribution in [-0.2, 0) is 4.79 Å². The van der Waals surface area contributed by atoms with Gasteiger partial charge in [0.05, 0.1) is 16.8 Å². The average Bonchev–Trinajstić information content (AvgIpc) is 3.13. The van der Waals surface area contributed by atoms with Crippen molar-refractivity contribution in [2.24, 2.45) is 0 Å². The highest BCUT2D eigenvalue weighted by atomic mass is 16.3. The van der Waals surface area contributed by atoms with Crippen molar-refractivity contribution in [3.63, 3.8) is 0 Å². The molecule has 3 heterocycles. The van der Waals surface area contributed by atoms with Crippen LogP contribution in [0.2, 0.25) is 0 Å².